The molecule has 1 N–H and O–H groups in total. The lowest BCUT2D eigenvalue weighted by Gasteiger charge is -2.10. The molecule has 0 saturated carbocycles. The number of carbonyl (C=O) groups excluding carboxylic acids is 1. The number of rotatable bonds is 3. The number of carbonyl (C=O) groups is 1. The highest BCUT2D eigenvalue weighted by molar-refractivity contribution is 8.00. The summed E-state index contributed by atoms with van der Waals surface area (Å²) in [7, 11) is 0. The lowest BCUT2D eigenvalue weighted by atomic mass is 10.2. The van der Waals surface area contributed by atoms with Crippen LogP contribution in [0.3, 0.4) is 0 Å². The van der Waals surface area contributed by atoms with E-state index in [9.17, 15) is 18.0 Å². The average molecular weight is 235 g/mol. The van der Waals surface area contributed by atoms with Gasteiger partial charge in [0.25, 0.3) is 0 Å². The summed E-state index contributed by atoms with van der Waals surface area (Å²) in [5.41, 5.74) is -3.40. The molecular weight excluding hydrogens is 227 g/mol. The Labute approximate surface area is 88.9 Å². The lowest BCUT2D eigenvalue weighted by molar-refractivity contribution is -0.105. The van der Waals surface area contributed by atoms with Crippen molar-refractivity contribution < 1.29 is 18.0 Å². The molecule has 1 aromatic rings. The van der Waals surface area contributed by atoms with Crippen LogP contribution >= 0.6 is 11.8 Å². The van der Waals surface area contributed by atoms with Crippen LogP contribution in [0.15, 0.2) is 23.1 Å². The number of halogens is 3. The Morgan fingerprint density at radius 1 is 1.40 bits per heavy atom. The van der Waals surface area contributed by atoms with Crippen LogP contribution < -0.4 is 5.32 Å². The zero-order chi connectivity index (χ0) is 11.5. The third-order valence-corrected chi connectivity index (χ3v) is 2.38. The Morgan fingerprint density at radius 2 is 2.07 bits per heavy atom. The number of benzene rings is 1. The fourth-order valence-electron chi connectivity index (χ4n) is 1.03. The Hall–Kier alpha value is -1.17. The zero-order valence-corrected chi connectivity index (χ0v) is 8.58. The first-order valence-electron chi connectivity index (χ1n) is 3.99. The van der Waals surface area contributed by atoms with Gasteiger partial charge in [-0.1, -0.05) is 6.07 Å². The van der Waals surface area contributed by atoms with Crippen LogP contribution in [0.2, 0.25) is 0 Å². The number of hydrogen-bond donors (Lipinski definition) is 1. The van der Waals surface area contributed by atoms with E-state index in [1.54, 1.807) is 13.0 Å². The van der Waals surface area contributed by atoms with E-state index < -0.39 is 5.51 Å². The van der Waals surface area contributed by atoms with Gasteiger partial charge in [0.15, 0.2) is 0 Å². The molecule has 0 saturated heterocycles. The molecule has 1 amide bonds. The second kappa shape index (κ2) is 4.57. The minimum atomic E-state index is -4.35. The average Bonchev–Trinajstić information content (AvgIpc) is 2.08. The lowest BCUT2D eigenvalue weighted by Crippen LogP contribution is -2.02. The maximum atomic E-state index is 12.1. The van der Waals surface area contributed by atoms with Crippen LogP contribution in [0, 0.1) is 6.92 Å². The van der Waals surface area contributed by atoms with Crippen LogP contribution in [-0.2, 0) is 4.79 Å². The summed E-state index contributed by atoms with van der Waals surface area (Å²) in [6.07, 6.45) is 0.356. The smallest absolute Gasteiger partial charge is 0.328 e. The summed E-state index contributed by atoms with van der Waals surface area (Å²) in [4.78, 5) is 10.2. The summed E-state index contributed by atoms with van der Waals surface area (Å²) in [6.45, 7) is 1.73. The summed E-state index contributed by atoms with van der Waals surface area (Å²) in [5, 5.41) is 2.24. The van der Waals surface area contributed by atoms with Crippen molar-refractivity contribution in [2.24, 2.45) is 0 Å². The molecule has 0 radical (unpaired) electrons. The first kappa shape index (κ1) is 11.9. The van der Waals surface area contributed by atoms with E-state index >= 15 is 0 Å². The number of alkyl halides is 3. The van der Waals surface area contributed by atoms with Gasteiger partial charge in [0.1, 0.15) is 0 Å². The topological polar surface area (TPSA) is 29.1 Å². The van der Waals surface area contributed by atoms with Crippen molar-refractivity contribution in [2.75, 3.05) is 5.32 Å². The van der Waals surface area contributed by atoms with Crippen molar-refractivity contribution in [1.29, 1.82) is 0 Å². The maximum Gasteiger partial charge on any atom is 0.446 e. The number of amides is 1. The molecule has 1 aromatic carbocycles. The van der Waals surface area contributed by atoms with Gasteiger partial charge in [-0.2, -0.15) is 13.2 Å². The van der Waals surface area contributed by atoms with Crippen molar-refractivity contribution in [2.45, 2.75) is 17.3 Å². The third kappa shape index (κ3) is 3.83. The molecule has 0 atom stereocenters. The zero-order valence-electron chi connectivity index (χ0n) is 7.76. The molecular formula is C9H8F3NOS. The summed E-state index contributed by atoms with van der Waals surface area (Å²) in [6, 6.07) is 4.38. The standard InChI is InChI=1S/C9H8F3NOS/c1-6-2-3-8(15-9(10,11)12)7(4-6)13-5-14/h2-5H,1H3,(H,13,14). The molecule has 1 rings (SSSR count). The highest BCUT2D eigenvalue weighted by Gasteiger charge is 2.30. The molecule has 15 heavy (non-hydrogen) atoms. The second-order valence-corrected chi connectivity index (χ2v) is 3.92. The van der Waals surface area contributed by atoms with Crippen molar-refractivity contribution >= 4 is 23.9 Å². The van der Waals surface area contributed by atoms with Crippen LogP contribution in [0.5, 0.6) is 0 Å². The number of aryl methyl sites for hydroxylation is 1. The van der Waals surface area contributed by atoms with Gasteiger partial charge in [-0.15, -0.1) is 0 Å². The van der Waals surface area contributed by atoms with Gasteiger partial charge in [0.05, 0.1) is 5.69 Å². The monoisotopic (exact) mass is 235 g/mol. The van der Waals surface area contributed by atoms with Gasteiger partial charge in [-0.25, -0.2) is 0 Å². The maximum absolute atomic E-state index is 12.1. The minimum absolute atomic E-state index is 0.0137. The summed E-state index contributed by atoms with van der Waals surface area (Å²) in [5.74, 6) is 0. The summed E-state index contributed by atoms with van der Waals surface area (Å²) < 4.78 is 36.3. The molecule has 0 aliphatic rings. The largest absolute Gasteiger partial charge is 0.446 e. The van der Waals surface area contributed by atoms with Crippen molar-refractivity contribution in [3.05, 3.63) is 23.8 Å². The molecule has 0 fully saturated rings. The van der Waals surface area contributed by atoms with Crippen molar-refractivity contribution in [3.8, 4) is 0 Å². The predicted molar refractivity (Wildman–Crippen MR) is 52.8 cm³/mol. The second-order valence-electron chi connectivity index (χ2n) is 2.81. The van der Waals surface area contributed by atoms with Crippen LogP contribution in [0.25, 0.3) is 0 Å². The van der Waals surface area contributed by atoms with Gasteiger partial charge < -0.3 is 5.32 Å². The van der Waals surface area contributed by atoms with E-state index in [1.807, 2.05) is 0 Å². The number of thioether (sulfide) groups is 1. The van der Waals surface area contributed by atoms with Gasteiger partial charge >= 0.3 is 5.51 Å². The Balaban J connectivity index is 3.00. The normalized spacial score (nSPS) is 11.2. The van der Waals surface area contributed by atoms with Crippen LogP contribution in [0.4, 0.5) is 18.9 Å². The van der Waals surface area contributed by atoms with E-state index in [2.05, 4.69) is 5.32 Å². The Kier molecular flexibility index (Phi) is 3.62. The van der Waals surface area contributed by atoms with Gasteiger partial charge in [0, 0.05) is 4.90 Å². The molecule has 82 valence electrons. The van der Waals surface area contributed by atoms with E-state index in [0.717, 1.165) is 5.56 Å². The first-order valence-corrected chi connectivity index (χ1v) is 4.80. The van der Waals surface area contributed by atoms with Gasteiger partial charge in [-0.05, 0) is 36.4 Å². The first-order chi connectivity index (χ1) is 6.92. The third-order valence-electron chi connectivity index (χ3n) is 1.58. The molecule has 6 heteroatoms. The summed E-state index contributed by atoms with van der Waals surface area (Å²) >= 11 is -0.245. The molecule has 0 aromatic heterocycles. The van der Waals surface area contributed by atoms with Crippen LogP contribution in [-0.4, -0.2) is 11.9 Å². The minimum Gasteiger partial charge on any atom is -0.328 e. The number of nitrogens with one attached hydrogen (secondary N) is 1. The quantitative estimate of drug-likeness (QED) is 0.644. The highest BCUT2D eigenvalue weighted by atomic mass is 32.2. The van der Waals surface area contributed by atoms with E-state index in [0.29, 0.717) is 6.41 Å². The fourth-order valence-corrected chi connectivity index (χ4v) is 1.65. The molecule has 0 spiro atoms. The molecule has 2 nitrogen and oxygen atoms in total. The van der Waals surface area contributed by atoms with E-state index in [1.165, 1.54) is 12.1 Å². The van der Waals surface area contributed by atoms with Gasteiger partial charge in [-0.3, -0.25) is 4.79 Å². The molecule has 0 unspecified atom stereocenters. The molecule has 0 bridgehead atoms. The molecule has 0 aliphatic heterocycles. The van der Waals surface area contributed by atoms with Crippen molar-refractivity contribution in [3.63, 3.8) is 0 Å². The Bertz CT molecular complexity index is 365. The van der Waals surface area contributed by atoms with E-state index in [-0.39, 0.29) is 22.3 Å². The van der Waals surface area contributed by atoms with Gasteiger partial charge in [0.2, 0.25) is 6.41 Å². The number of anilines is 1. The van der Waals surface area contributed by atoms with E-state index in [4.69, 9.17) is 0 Å². The molecule has 0 aliphatic carbocycles. The predicted octanol–water partition coefficient (Wildman–Crippen LogP) is 3.18. The van der Waals surface area contributed by atoms with Crippen LogP contribution in [0.1, 0.15) is 5.56 Å². The number of hydrogen-bond acceptors (Lipinski definition) is 2. The SMILES string of the molecule is Cc1ccc(SC(F)(F)F)c(NC=O)c1. The highest BCUT2D eigenvalue weighted by Crippen LogP contribution is 2.40. The van der Waals surface area contributed by atoms with Crippen molar-refractivity contribution in [1.82, 2.24) is 0 Å². The molecule has 0 heterocycles. The Morgan fingerprint density at radius 3 is 2.60 bits per heavy atom. The fraction of sp³-hybridized carbons (Fsp3) is 0.222.